The quantitative estimate of drug-likeness (QED) is 0.897. The first-order chi connectivity index (χ1) is 8.11. The summed E-state index contributed by atoms with van der Waals surface area (Å²) in [6, 6.07) is 0.0422. The van der Waals surface area contributed by atoms with Crippen molar-refractivity contribution in [1.82, 2.24) is 5.32 Å². The van der Waals surface area contributed by atoms with Gasteiger partial charge in [-0.25, -0.2) is 0 Å². The lowest BCUT2D eigenvalue weighted by Crippen LogP contribution is -2.38. The lowest BCUT2D eigenvalue weighted by molar-refractivity contribution is 0.0940. The Hall–Kier alpha value is -0.580. The Labute approximate surface area is 119 Å². The van der Waals surface area contributed by atoms with E-state index in [0.717, 1.165) is 24.3 Å². The van der Waals surface area contributed by atoms with Crippen molar-refractivity contribution in [1.29, 1.82) is 0 Å². The van der Waals surface area contributed by atoms with Crippen LogP contribution in [0.1, 0.15) is 41.1 Å². The lowest BCUT2D eigenvalue weighted by atomic mass is 9.88. The zero-order chi connectivity index (χ0) is 12.4. The molecule has 2 atom stereocenters. The van der Waals surface area contributed by atoms with Gasteiger partial charge in [-0.05, 0) is 37.7 Å². The molecule has 0 saturated carbocycles. The maximum Gasteiger partial charge on any atom is 0.252 e. The van der Waals surface area contributed by atoms with Crippen molar-refractivity contribution in [2.45, 2.75) is 39.2 Å². The summed E-state index contributed by atoms with van der Waals surface area (Å²) in [7, 11) is 0. The molecule has 0 spiro atoms. The Kier molecular flexibility index (Phi) is 5.63. The molecule has 0 radical (unpaired) electrons. The predicted octanol–water partition coefficient (Wildman–Crippen LogP) is 2.37. The fraction of sp³-hybridized carbons (Fsp3) is 0.615. The molecule has 0 fully saturated rings. The number of hydrogen-bond acceptors (Lipinski definition) is 3. The van der Waals surface area contributed by atoms with Gasteiger partial charge in [0.2, 0.25) is 0 Å². The number of carbonyl (C=O) groups excluding carboxylic acids is 1. The largest absolute Gasteiger partial charge is 0.348 e. The van der Waals surface area contributed by atoms with Crippen LogP contribution in [0.2, 0.25) is 0 Å². The van der Waals surface area contributed by atoms with Crippen LogP contribution in [0.3, 0.4) is 0 Å². The highest BCUT2D eigenvalue weighted by Gasteiger charge is 2.23. The average molecular weight is 289 g/mol. The molecule has 3 nitrogen and oxygen atoms in total. The Morgan fingerprint density at radius 3 is 3.06 bits per heavy atom. The molecule has 0 bridgehead atoms. The number of hydrogen-bond donors (Lipinski definition) is 2. The third kappa shape index (κ3) is 3.25. The van der Waals surface area contributed by atoms with Crippen molar-refractivity contribution in [3.8, 4) is 0 Å². The zero-order valence-corrected chi connectivity index (χ0v) is 12.5. The molecule has 0 aliphatic heterocycles. The van der Waals surface area contributed by atoms with Crippen LogP contribution in [-0.2, 0) is 12.8 Å². The highest BCUT2D eigenvalue weighted by atomic mass is 35.5. The number of rotatable bonds is 3. The average Bonchev–Trinajstić information content (AvgIpc) is 2.71. The van der Waals surface area contributed by atoms with Crippen LogP contribution in [0.15, 0.2) is 5.38 Å². The number of halogens is 1. The van der Waals surface area contributed by atoms with Crippen molar-refractivity contribution in [2.75, 3.05) is 6.54 Å². The van der Waals surface area contributed by atoms with Gasteiger partial charge in [-0.15, -0.1) is 23.7 Å². The second-order valence-electron chi connectivity index (χ2n) is 5.01. The summed E-state index contributed by atoms with van der Waals surface area (Å²) in [5.74, 6) is 0.787. The monoisotopic (exact) mass is 288 g/mol. The Morgan fingerprint density at radius 1 is 1.67 bits per heavy atom. The van der Waals surface area contributed by atoms with Gasteiger partial charge in [-0.3, -0.25) is 4.79 Å². The van der Waals surface area contributed by atoms with E-state index in [9.17, 15) is 4.79 Å². The van der Waals surface area contributed by atoms with Gasteiger partial charge in [0.25, 0.3) is 5.91 Å². The first kappa shape index (κ1) is 15.5. The fourth-order valence-corrected chi connectivity index (χ4v) is 3.47. The zero-order valence-electron chi connectivity index (χ0n) is 10.9. The molecular weight excluding hydrogens is 268 g/mol. The number of thiophene rings is 1. The van der Waals surface area contributed by atoms with E-state index < -0.39 is 0 Å². The second kappa shape index (κ2) is 6.55. The number of amides is 1. The third-order valence-electron chi connectivity index (χ3n) is 3.38. The van der Waals surface area contributed by atoms with Gasteiger partial charge in [0, 0.05) is 22.8 Å². The van der Waals surface area contributed by atoms with E-state index in [-0.39, 0.29) is 24.4 Å². The van der Waals surface area contributed by atoms with Gasteiger partial charge in [0.05, 0.1) is 5.56 Å². The Balaban J connectivity index is 0.00000162. The van der Waals surface area contributed by atoms with Gasteiger partial charge >= 0.3 is 0 Å². The van der Waals surface area contributed by atoms with Gasteiger partial charge in [-0.1, -0.05) is 6.92 Å². The SMILES string of the molecule is CC1CCc2c(C(=O)N[C@@H](C)CN)csc2C1.Cl. The van der Waals surface area contributed by atoms with Crippen LogP contribution in [0, 0.1) is 5.92 Å². The first-order valence-corrected chi connectivity index (χ1v) is 7.10. The van der Waals surface area contributed by atoms with Crippen molar-refractivity contribution in [2.24, 2.45) is 11.7 Å². The van der Waals surface area contributed by atoms with Gasteiger partial charge in [0.15, 0.2) is 0 Å². The number of fused-ring (bicyclic) bond motifs is 1. The molecule has 1 unspecified atom stereocenters. The van der Waals surface area contributed by atoms with Crippen LogP contribution in [0.25, 0.3) is 0 Å². The van der Waals surface area contributed by atoms with Crippen molar-refractivity contribution < 1.29 is 4.79 Å². The Bertz CT molecular complexity index is 419. The summed E-state index contributed by atoms with van der Waals surface area (Å²) in [6.07, 6.45) is 3.36. The predicted molar refractivity (Wildman–Crippen MR) is 78.7 cm³/mol. The van der Waals surface area contributed by atoms with Crippen LogP contribution in [0.5, 0.6) is 0 Å². The van der Waals surface area contributed by atoms with E-state index in [1.807, 2.05) is 12.3 Å². The minimum atomic E-state index is 0. The molecule has 1 aliphatic carbocycles. The van der Waals surface area contributed by atoms with E-state index in [1.165, 1.54) is 16.9 Å². The van der Waals surface area contributed by atoms with Crippen LogP contribution < -0.4 is 11.1 Å². The van der Waals surface area contributed by atoms with Crippen molar-refractivity contribution in [3.63, 3.8) is 0 Å². The summed E-state index contributed by atoms with van der Waals surface area (Å²) >= 11 is 1.73. The third-order valence-corrected chi connectivity index (χ3v) is 4.43. The summed E-state index contributed by atoms with van der Waals surface area (Å²) in [6.45, 7) is 4.69. The standard InChI is InChI=1S/C13H20N2OS.ClH/c1-8-3-4-10-11(7-17-12(10)5-8)13(16)15-9(2)6-14;/h7-9H,3-6,14H2,1-2H3,(H,15,16);1H/t8?,9-;/m0./s1. The van der Waals surface area contributed by atoms with Crippen molar-refractivity contribution >= 4 is 29.7 Å². The number of nitrogens with two attached hydrogens (primary N) is 1. The number of nitrogens with one attached hydrogen (secondary N) is 1. The normalized spacial score (nSPS) is 19.6. The topological polar surface area (TPSA) is 55.1 Å². The minimum Gasteiger partial charge on any atom is -0.348 e. The summed E-state index contributed by atoms with van der Waals surface area (Å²) < 4.78 is 0. The van der Waals surface area contributed by atoms with E-state index >= 15 is 0 Å². The Morgan fingerprint density at radius 2 is 2.39 bits per heavy atom. The lowest BCUT2D eigenvalue weighted by Gasteiger charge is -2.19. The maximum absolute atomic E-state index is 12.1. The van der Waals surface area contributed by atoms with Crippen LogP contribution >= 0.6 is 23.7 Å². The van der Waals surface area contributed by atoms with Crippen molar-refractivity contribution in [3.05, 3.63) is 21.4 Å². The molecule has 1 amide bonds. The van der Waals surface area contributed by atoms with E-state index in [0.29, 0.717) is 6.54 Å². The smallest absolute Gasteiger partial charge is 0.252 e. The molecule has 2 rings (SSSR count). The highest BCUT2D eigenvalue weighted by molar-refractivity contribution is 7.10. The number of carbonyl (C=O) groups is 1. The fourth-order valence-electron chi connectivity index (χ4n) is 2.23. The molecule has 3 N–H and O–H groups in total. The van der Waals surface area contributed by atoms with Gasteiger partial charge in [0.1, 0.15) is 0 Å². The molecule has 1 aliphatic rings. The molecule has 5 heteroatoms. The summed E-state index contributed by atoms with van der Waals surface area (Å²) in [4.78, 5) is 13.5. The molecule has 1 aromatic heterocycles. The van der Waals surface area contributed by atoms with E-state index in [1.54, 1.807) is 11.3 Å². The van der Waals surface area contributed by atoms with Crippen LogP contribution in [-0.4, -0.2) is 18.5 Å². The van der Waals surface area contributed by atoms with E-state index in [4.69, 9.17) is 5.73 Å². The molecule has 0 saturated heterocycles. The molecule has 18 heavy (non-hydrogen) atoms. The second-order valence-corrected chi connectivity index (χ2v) is 5.97. The van der Waals surface area contributed by atoms with E-state index in [2.05, 4.69) is 12.2 Å². The van der Waals surface area contributed by atoms with Crippen LogP contribution in [0.4, 0.5) is 0 Å². The highest BCUT2D eigenvalue weighted by Crippen LogP contribution is 2.32. The summed E-state index contributed by atoms with van der Waals surface area (Å²) in [5, 5.41) is 4.94. The molecule has 0 aromatic carbocycles. The molecular formula is C13H21ClN2OS. The molecule has 1 aromatic rings. The minimum absolute atomic E-state index is 0. The first-order valence-electron chi connectivity index (χ1n) is 6.22. The van der Waals surface area contributed by atoms with Gasteiger partial charge in [-0.2, -0.15) is 0 Å². The molecule has 1 heterocycles. The maximum atomic E-state index is 12.1. The summed E-state index contributed by atoms with van der Waals surface area (Å²) in [5.41, 5.74) is 7.66. The van der Waals surface area contributed by atoms with Gasteiger partial charge < -0.3 is 11.1 Å². The molecule has 102 valence electrons.